The molecule has 1 aromatic heterocycles. The lowest BCUT2D eigenvalue weighted by Crippen LogP contribution is -2.22. The number of rotatable bonds is 5. The highest BCUT2D eigenvalue weighted by molar-refractivity contribution is 8.00. The normalized spacial score (nSPS) is 12.1. The summed E-state index contributed by atoms with van der Waals surface area (Å²) in [5.74, 6) is 0.169. The van der Waals surface area contributed by atoms with Crippen LogP contribution in [0.5, 0.6) is 0 Å². The quantitative estimate of drug-likeness (QED) is 0.599. The van der Waals surface area contributed by atoms with Gasteiger partial charge in [0.1, 0.15) is 5.69 Å². The van der Waals surface area contributed by atoms with Gasteiger partial charge in [0, 0.05) is 21.2 Å². The number of aromatic nitrogens is 1. The fourth-order valence-electron chi connectivity index (χ4n) is 2.16. The summed E-state index contributed by atoms with van der Waals surface area (Å²) in [4.78, 5) is 15.9. The average molecular weight is 393 g/mol. The molecule has 0 saturated carbocycles. The van der Waals surface area contributed by atoms with Gasteiger partial charge in [-0.2, -0.15) is 0 Å². The predicted octanol–water partition coefficient (Wildman–Crippen LogP) is 5.28. The molecule has 0 fully saturated rings. The van der Waals surface area contributed by atoms with Crippen LogP contribution in [0, 0.1) is 0 Å². The molecule has 1 amide bonds. The summed E-state index contributed by atoms with van der Waals surface area (Å²) >= 11 is 13.1. The first kappa shape index (κ1) is 17.9. The van der Waals surface area contributed by atoms with E-state index in [1.165, 1.54) is 11.8 Å². The molecule has 7 heteroatoms. The monoisotopic (exact) mass is 392 g/mol. The van der Waals surface area contributed by atoms with Crippen molar-refractivity contribution in [2.75, 3.05) is 0 Å². The van der Waals surface area contributed by atoms with Crippen molar-refractivity contribution < 1.29 is 9.21 Å². The molecule has 0 radical (unpaired) electrons. The highest BCUT2D eigenvalue weighted by atomic mass is 35.5. The van der Waals surface area contributed by atoms with E-state index in [0.717, 1.165) is 11.1 Å². The molecule has 0 bridgehead atoms. The lowest BCUT2D eigenvalue weighted by Gasteiger charge is -2.02. The SMILES string of the molecule is CC(Sc1nc(-c2ccc(Cl)cc2)c(-c2ccc(Cl)cc2)o1)C(N)=O. The maximum Gasteiger partial charge on any atom is 0.257 e. The van der Waals surface area contributed by atoms with E-state index in [4.69, 9.17) is 33.4 Å². The van der Waals surface area contributed by atoms with Crippen LogP contribution in [0.25, 0.3) is 22.6 Å². The number of benzene rings is 2. The van der Waals surface area contributed by atoms with Crippen molar-refractivity contribution in [1.82, 2.24) is 4.98 Å². The number of nitrogens with zero attached hydrogens (tertiary/aromatic N) is 1. The van der Waals surface area contributed by atoms with Gasteiger partial charge < -0.3 is 10.2 Å². The Morgan fingerprint density at radius 2 is 1.56 bits per heavy atom. The first-order valence-corrected chi connectivity index (χ1v) is 9.06. The Labute approximate surface area is 159 Å². The van der Waals surface area contributed by atoms with Crippen molar-refractivity contribution in [3.63, 3.8) is 0 Å². The Balaban J connectivity index is 2.07. The average Bonchev–Trinajstić information content (AvgIpc) is 3.00. The molecule has 3 aromatic rings. The lowest BCUT2D eigenvalue weighted by atomic mass is 10.1. The van der Waals surface area contributed by atoms with Crippen LogP contribution in [-0.4, -0.2) is 16.1 Å². The third-order valence-corrected chi connectivity index (χ3v) is 4.98. The lowest BCUT2D eigenvalue weighted by molar-refractivity contribution is -0.117. The number of thioether (sulfide) groups is 1. The van der Waals surface area contributed by atoms with Gasteiger partial charge in [-0.15, -0.1) is 0 Å². The van der Waals surface area contributed by atoms with Crippen molar-refractivity contribution >= 4 is 40.9 Å². The molecule has 2 aromatic carbocycles. The molecule has 0 aliphatic rings. The van der Waals surface area contributed by atoms with E-state index in [0.29, 0.717) is 26.7 Å². The molecule has 4 nitrogen and oxygen atoms in total. The summed E-state index contributed by atoms with van der Waals surface area (Å²) < 4.78 is 5.91. The van der Waals surface area contributed by atoms with Crippen molar-refractivity contribution in [3.05, 3.63) is 58.6 Å². The van der Waals surface area contributed by atoms with Crippen LogP contribution in [0.3, 0.4) is 0 Å². The van der Waals surface area contributed by atoms with Gasteiger partial charge in [0.25, 0.3) is 5.22 Å². The van der Waals surface area contributed by atoms with Crippen LogP contribution in [0.2, 0.25) is 10.0 Å². The number of carbonyl (C=O) groups is 1. The number of nitrogens with two attached hydrogens (primary N) is 1. The van der Waals surface area contributed by atoms with E-state index in [2.05, 4.69) is 4.98 Å². The third-order valence-electron chi connectivity index (χ3n) is 3.51. The van der Waals surface area contributed by atoms with Gasteiger partial charge in [0.05, 0.1) is 5.25 Å². The van der Waals surface area contributed by atoms with Crippen molar-refractivity contribution in [2.24, 2.45) is 5.73 Å². The molecule has 1 unspecified atom stereocenters. The van der Waals surface area contributed by atoms with Crippen LogP contribution < -0.4 is 5.73 Å². The molecular weight excluding hydrogens is 379 g/mol. The number of carbonyl (C=O) groups excluding carboxylic acids is 1. The maximum atomic E-state index is 11.3. The van der Waals surface area contributed by atoms with E-state index in [9.17, 15) is 4.79 Å². The molecule has 3 rings (SSSR count). The Hall–Kier alpha value is -1.95. The molecule has 25 heavy (non-hydrogen) atoms. The van der Waals surface area contributed by atoms with Crippen LogP contribution in [0.15, 0.2) is 58.2 Å². The Morgan fingerprint density at radius 1 is 1.04 bits per heavy atom. The highest BCUT2D eigenvalue weighted by Gasteiger charge is 2.20. The largest absolute Gasteiger partial charge is 0.431 e. The minimum absolute atomic E-state index is 0.376. The van der Waals surface area contributed by atoms with E-state index in [-0.39, 0.29) is 0 Å². The molecule has 2 N–H and O–H groups in total. The third kappa shape index (κ3) is 4.18. The summed E-state index contributed by atoms with van der Waals surface area (Å²) in [6, 6.07) is 14.6. The smallest absolute Gasteiger partial charge is 0.257 e. The molecule has 0 aliphatic heterocycles. The van der Waals surface area contributed by atoms with Crippen molar-refractivity contribution in [1.29, 1.82) is 0 Å². The van der Waals surface area contributed by atoms with Gasteiger partial charge in [-0.3, -0.25) is 4.79 Å². The molecule has 1 heterocycles. The molecule has 1 atom stereocenters. The summed E-state index contributed by atoms with van der Waals surface area (Å²) in [5, 5.41) is 1.20. The van der Waals surface area contributed by atoms with Crippen molar-refractivity contribution in [3.8, 4) is 22.6 Å². The zero-order valence-electron chi connectivity index (χ0n) is 13.2. The van der Waals surface area contributed by atoms with Gasteiger partial charge >= 0.3 is 0 Å². The molecule has 0 spiro atoms. The first-order chi connectivity index (χ1) is 11.9. The van der Waals surface area contributed by atoms with E-state index < -0.39 is 11.2 Å². The first-order valence-electron chi connectivity index (χ1n) is 7.42. The number of hydrogen-bond acceptors (Lipinski definition) is 4. The standard InChI is InChI=1S/C18H14Cl2N2O2S/c1-10(17(21)23)25-18-22-15(11-2-6-13(19)7-3-11)16(24-18)12-4-8-14(20)9-5-12/h2-10H,1H3,(H2,21,23). The Bertz CT molecular complexity index is 829. The summed E-state index contributed by atoms with van der Waals surface area (Å²) in [5.41, 5.74) is 7.68. The summed E-state index contributed by atoms with van der Waals surface area (Å²) in [6.07, 6.45) is 0. The maximum absolute atomic E-state index is 11.3. The van der Waals surface area contributed by atoms with E-state index in [1.807, 2.05) is 24.3 Å². The van der Waals surface area contributed by atoms with Crippen molar-refractivity contribution in [2.45, 2.75) is 17.4 Å². The minimum Gasteiger partial charge on any atom is -0.431 e. The number of primary amides is 1. The molecule has 128 valence electrons. The van der Waals surface area contributed by atoms with Gasteiger partial charge in [-0.25, -0.2) is 4.98 Å². The van der Waals surface area contributed by atoms with Crippen LogP contribution in [0.1, 0.15) is 6.92 Å². The second-order valence-corrected chi connectivity index (χ2v) is 7.50. The van der Waals surface area contributed by atoms with Gasteiger partial charge in [0.2, 0.25) is 5.91 Å². The number of amides is 1. The van der Waals surface area contributed by atoms with Crippen LogP contribution in [0.4, 0.5) is 0 Å². The topological polar surface area (TPSA) is 69.1 Å². The molecular formula is C18H14Cl2N2O2S. The number of halogens is 2. The highest BCUT2D eigenvalue weighted by Crippen LogP contribution is 2.37. The fraction of sp³-hybridized carbons (Fsp3) is 0.111. The zero-order valence-corrected chi connectivity index (χ0v) is 15.5. The number of oxazole rings is 1. The van der Waals surface area contributed by atoms with Crippen LogP contribution in [-0.2, 0) is 4.79 Å². The zero-order chi connectivity index (χ0) is 18.0. The van der Waals surface area contributed by atoms with Gasteiger partial charge in [-0.05, 0) is 43.3 Å². The van der Waals surface area contributed by atoms with Gasteiger partial charge in [-0.1, -0.05) is 47.1 Å². The van der Waals surface area contributed by atoms with Gasteiger partial charge in [0.15, 0.2) is 5.76 Å². The fourth-order valence-corrected chi connectivity index (χ4v) is 3.11. The minimum atomic E-state index is -0.449. The predicted molar refractivity (Wildman–Crippen MR) is 102 cm³/mol. The summed E-state index contributed by atoms with van der Waals surface area (Å²) in [6.45, 7) is 1.71. The molecule has 0 saturated heterocycles. The van der Waals surface area contributed by atoms with Crippen LogP contribution >= 0.6 is 35.0 Å². The van der Waals surface area contributed by atoms with E-state index in [1.54, 1.807) is 31.2 Å². The second-order valence-electron chi connectivity index (χ2n) is 5.33. The Morgan fingerprint density at radius 3 is 2.08 bits per heavy atom. The number of hydrogen-bond donors (Lipinski definition) is 1. The second kappa shape index (κ2) is 7.52. The summed E-state index contributed by atoms with van der Waals surface area (Å²) in [7, 11) is 0. The molecule has 0 aliphatic carbocycles. The van der Waals surface area contributed by atoms with E-state index >= 15 is 0 Å². The Kier molecular flexibility index (Phi) is 5.37.